The highest BCUT2D eigenvalue weighted by Gasteiger charge is 2.16. The molecule has 0 N–H and O–H groups in total. The molecule has 1 aliphatic rings. The van der Waals surface area contributed by atoms with Crippen LogP contribution in [0.25, 0.3) is 6.08 Å². The van der Waals surface area contributed by atoms with Gasteiger partial charge >= 0.3 is 0 Å². The van der Waals surface area contributed by atoms with Crippen LogP contribution in [-0.4, -0.2) is 32.1 Å². The predicted molar refractivity (Wildman–Crippen MR) is 65.1 cm³/mol. The first kappa shape index (κ1) is 11.5. The van der Waals surface area contributed by atoms with Gasteiger partial charge in [-0.15, -0.1) is 0 Å². The lowest BCUT2D eigenvalue weighted by Gasteiger charge is -2.16. The van der Waals surface area contributed by atoms with Crippen molar-refractivity contribution in [3.8, 4) is 11.5 Å². The molecule has 1 aliphatic heterocycles. The molecular weight excluding hydrogens is 218 g/mol. The van der Waals surface area contributed by atoms with E-state index in [2.05, 4.69) is 0 Å². The van der Waals surface area contributed by atoms with Crippen LogP contribution in [0.4, 0.5) is 0 Å². The normalized spacial score (nSPS) is 14.3. The molecule has 0 aromatic heterocycles. The molecule has 0 bridgehead atoms. The summed E-state index contributed by atoms with van der Waals surface area (Å²) in [6.07, 6.45) is 3.38. The number of methoxy groups -OCH3 is 2. The second kappa shape index (κ2) is 4.49. The summed E-state index contributed by atoms with van der Waals surface area (Å²) >= 11 is 0. The second-order valence-corrected chi connectivity index (χ2v) is 3.93. The highest BCUT2D eigenvalue weighted by Crippen LogP contribution is 2.32. The minimum atomic E-state index is -0.000802. The van der Waals surface area contributed by atoms with Gasteiger partial charge in [0.25, 0.3) is 0 Å². The van der Waals surface area contributed by atoms with Crippen molar-refractivity contribution in [3.05, 3.63) is 29.3 Å². The third-order valence-corrected chi connectivity index (χ3v) is 2.83. The van der Waals surface area contributed by atoms with Crippen LogP contribution in [0, 0.1) is 0 Å². The molecule has 0 unspecified atom stereocenters. The molecule has 0 spiro atoms. The molecule has 0 radical (unpaired) electrons. The minimum Gasteiger partial charge on any atom is -0.493 e. The molecule has 4 nitrogen and oxygen atoms in total. The SMILES string of the molecule is COc1cc2c(cc1OC)CN(C)C(=O)C=C2. The number of likely N-dealkylation sites (N-methyl/N-ethyl adjacent to an activating group) is 1. The third-order valence-electron chi connectivity index (χ3n) is 2.83. The van der Waals surface area contributed by atoms with Gasteiger partial charge in [0.15, 0.2) is 11.5 Å². The molecule has 0 saturated carbocycles. The first-order valence-electron chi connectivity index (χ1n) is 5.33. The summed E-state index contributed by atoms with van der Waals surface area (Å²) in [5.74, 6) is 1.36. The minimum absolute atomic E-state index is 0.000802. The summed E-state index contributed by atoms with van der Waals surface area (Å²) in [7, 11) is 4.98. The molecular formula is C13H15NO3. The van der Waals surface area contributed by atoms with Crippen LogP contribution in [0.3, 0.4) is 0 Å². The van der Waals surface area contributed by atoms with Crippen LogP contribution < -0.4 is 9.47 Å². The Morgan fingerprint density at radius 1 is 1.12 bits per heavy atom. The summed E-state index contributed by atoms with van der Waals surface area (Å²) in [6.45, 7) is 0.571. The number of amides is 1. The standard InChI is InChI=1S/C13H15NO3/c1-14-8-10-7-12(17-3)11(16-2)6-9(10)4-5-13(14)15/h4-7H,8H2,1-3H3. The van der Waals surface area contributed by atoms with Crippen LogP contribution in [-0.2, 0) is 11.3 Å². The molecule has 0 fully saturated rings. The molecule has 2 rings (SSSR count). The van der Waals surface area contributed by atoms with Crippen LogP contribution in [0.5, 0.6) is 11.5 Å². The number of hydrogen-bond donors (Lipinski definition) is 0. The fourth-order valence-corrected chi connectivity index (χ4v) is 1.85. The van der Waals surface area contributed by atoms with E-state index in [-0.39, 0.29) is 5.91 Å². The van der Waals surface area contributed by atoms with E-state index in [4.69, 9.17) is 9.47 Å². The highest BCUT2D eigenvalue weighted by molar-refractivity contribution is 5.93. The predicted octanol–water partition coefficient (Wildman–Crippen LogP) is 1.69. The van der Waals surface area contributed by atoms with Crippen LogP contribution in [0.1, 0.15) is 11.1 Å². The van der Waals surface area contributed by atoms with Gasteiger partial charge in [0.05, 0.1) is 14.2 Å². The van der Waals surface area contributed by atoms with Crippen molar-refractivity contribution in [2.45, 2.75) is 6.54 Å². The van der Waals surface area contributed by atoms with Gasteiger partial charge in [0, 0.05) is 19.7 Å². The maximum atomic E-state index is 11.6. The first-order valence-corrected chi connectivity index (χ1v) is 5.33. The van der Waals surface area contributed by atoms with E-state index in [0.29, 0.717) is 18.0 Å². The van der Waals surface area contributed by atoms with Crippen molar-refractivity contribution in [3.63, 3.8) is 0 Å². The number of carbonyl (C=O) groups excluding carboxylic acids is 1. The second-order valence-electron chi connectivity index (χ2n) is 3.93. The highest BCUT2D eigenvalue weighted by atomic mass is 16.5. The average molecular weight is 233 g/mol. The molecule has 1 amide bonds. The monoisotopic (exact) mass is 233 g/mol. The van der Waals surface area contributed by atoms with Crippen molar-refractivity contribution in [2.24, 2.45) is 0 Å². The van der Waals surface area contributed by atoms with Crippen molar-refractivity contribution in [1.29, 1.82) is 0 Å². The van der Waals surface area contributed by atoms with Crippen molar-refractivity contribution in [2.75, 3.05) is 21.3 Å². The topological polar surface area (TPSA) is 38.8 Å². The fourth-order valence-electron chi connectivity index (χ4n) is 1.85. The van der Waals surface area contributed by atoms with Gasteiger partial charge in [0.1, 0.15) is 0 Å². The Hall–Kier alpha value is -1.97. The maximum Gasteiger partial charge on any atom is 0.246 e. The number of rotatable bonds is 2. The summed E-state index contributed by atoms with van der Waals surface area (Å²) in [4.78, 5) is 13.2. The van der Waals surface area contributed by atoms with Gasteiger partial charge in [-0.1, -0.05) is 0 Å². The number of carbonyl (C=O) groups is 1. The summed E-state index contributed by atoms with van der Waals surface area (Å²) in [6, 6.07) is 3.80. The Bertz CT molecular complexity index is 480. The van der Waals surface area contributed by atoms with Crippen LogP contribution in [0.15, 0.2) is 18.2 Å². The lowest BCUT2D eigenvalue weighted by molar-refractivity contribution is -0.125. The Labute approximate surface area is 100 Å². The number of nitrogens with zero attached hydrogens (tertiary/aromatic N) is 1. The van der Waals surface area contributed by atoms with Crippen molar-refractivity contribution >= 4 is 12.0 Å². The molecule has 0 atom stereocenters. The van der Waals surface area contributed by atoms with Crippen molar-refractivity contribution < 1.29 is 14.3 Å². The molecule has 17 heavy (non-hydrogen) atoms. The Morgan fingerprint density at radius 3 is 2.41 bits per heavy atom. The zero-order valence-electron chi connectivity index (χ0n) is 10.2. The van der Waals surface area contributed by atoms with Gasteiger partial charge in [-0.05, 0) is 29.3 Å². The summed E-state index contributed by atoms with van der Waals surface area (Å²) < 4.78 is 10.5. The van der Waals surface area contributed by atoms with Crippen molar-refractivity contribution in [1.82, 2.24) is 4.90 Å². The van der Waals surface area contributed by atoms with Crippen LogP contribution in [0.2, 0.25) is 0 Å². The third kappa shape index (κ3) is 2.11. The van der Waals surface area contributed by atoms with Gasteiger partial charge < -0.3 is 14.4 Å². The van der Waals surface area contributed by atoms with E-state index in [1.54, 1.807) is 32.2 Å². The Morgan fingerprint density at radius 2 is 1.76 bits per heavy atom. The number of ether oxygens (including phenoxy) is 2. The molecule has 4 heteroatoms. The van der Waals surface area contributed by atoms with Gasteiger partial charge in [-0.3, -0.25) is 4.79 Å². The quantitative estimate of drug-likeness (QED) is 0.780. The van der Waals surface area contributed by atoms with E-state index >= 15 is 0 Å². The molecule has 0 aliphatic carbocycles. The van der Waals surface area contributed by atoms with Gasteiger partial charge in [0.2, 0.25) is 5.91 Å². The van der Waals surface area contributed by atoms with Gasteiger partial charge in [-0.2, -0.15) is 0 Å². The fraction of sp³-hybridized carbons (Fsp3) is 0.308. The lowest BCUT2D eigenvalue weighted by atomic mass is 10.1. The van der Waals surface area contributed by atoms with E-state index in [1.165, 1.54) is 0 Å². The average Bonchev–Trinajstić information content (AvgIpc) is 2.48. The van der Waals surface area contributed by atoms with E-state index in [0.717, 1.165) is 11.1 Å². The zero-order valence-corrected chi connectivity index (χ0v) is 10.2. The smallest absolute Gasteiger partial charge is 0.246 e. The summed E-state index contributed by atoms with van der Waals surface area (Å²) in [5.41, 5.74) is 2.03. The zero-order chi connectivity index (χ0) is 12.4. The van der Waals surface area contributed by atoms with Gasteiger partial charge in [-0.25, -0.2) is 0 Å². The largest absolute Gasteiger partial charge is 0.493 e. The van der Waals surface area contributed by atoms with Crippen LogP contribution >= 0.6 is 0 Å². The molecule has 90 valence electrons. The summed E-state index contributed by atoms with van der Waals surface area (Å²) in [5, 5.41) is 0. The Balaban J connectivity index is 2.51. The number of fused-ring (bicyclic) bond motifs is 1. The number of hydrogen-bond acceptors (Lipinski definition) is 3. The lowest BCUT2D eigenvalue weighted by Crippen LogP contribution is -2.23. The first-order chi connectivity index (χ1) is 8.15. The molecule has 1 aromatic rings. The van der Waals surface area contributed by atoms with E-state index in [1.807, 2.05) is 18.2 Å². The molecule has 1 aromatic carbocycles. The number of benzene rings is 1. The molecule has 0 saturated heterocycles. The Kier molecular flexibility index (Phi) is 3.04. The van der Waals surface area contributed by atoms with E-state index < -0.39 is 0 Å². The molecule has 1 heterocycles. The van der Waals surface area contributed by atoms with E-state index in [9.17, 15) is 4.79 Å². The maximum absolute atomic E-state index is 11.6.